The second kappa shape index (κ2) is 10.5. The van der Waals surface area contributed by atoms with Crippen LogP contribution in [0.15, 0.2) is 29.2 Å². The second-order valence-corrected chi connectivity index (χ2v) is 9.19. The Balaban J connectivity index is 2.54. The number of thiocarbonyl (C=S) groups is 1. The molecular weight excluding hydrogens is 402 g/mol. The molecule has 0 aromatic heterocycles. The number of anilines is 1. The molecule has 0 unspecified atom stereocenters. The van der Waals surface area contributed by atoms with Crippen LogP contribution in [0.1, 0.15) is 47.0 Å². The summed E-state index contributed by atoms with van der Waals surface area (Å²) in [4.78, 5) is 23.3. The van der Waals surface area contributed by atoms with E-state index in [9.17, 15) is 18.0 Å². The predicted octanol–water partition coefficient (Wildman–Crippen LogP) is 2.31. The molecule has 1 aromatic carbocycles. The molecule has 1 amide bonds. The lowest BCUT2D eigenvalue weighted by Gasteiger charge is -2.20. The number of esters is 1. The minimum absolute atomic E-state index is 0.0260. The summed E-state index contributed by atoms with van der Waals surface area (Å²) in [5.74, 6) is -0.851. The number of sulfonamides is 1. The zero-order valence-corrected chi connectivity index (χ0v) is 18.1. The number of hydrogen-bond acceptors (Lipinski definition) is 6. The molecule has 0 aliphatic heterocycles. The van der Waals surface area contributed by atoms with Crippen LogP contribution < -0.4 is 15.4 Å². The van der Waals surface area contributed by atoms with Gasteiger partial charge in [0.2, 0.25) is 15.9 Å². The van der Waals surface area contributed by atoms with Crippen LogP contribution in [0.2, 0.25) is 0 Å². The highest BCUT2D eigenvalue weighted by molar-refractivity contribution is 7.89. The summed E-state index contributed by atoms with van der Waals surface area (Å²) in [7, 11) is -3.63. The summed E-state index contributed by atoms with van der Waals surface area (Å²) < 4.78 is 32.0. The van der Waals surface area contributed by atoms with Crippen molar-refractivity contribution in [2.24, 2.45) is 0 Å². The zero-order chi connectivity index (χ0) is 21.4. The lowest BCUT2D eigenvalue weighted by Crippen LogP contribution is -2.40. The maximum Gasteiger partial charge on any atom is 0.306 e. The Labute approximate surface area is 171 Å². The van der Waals surface area contributed by atoms with Crippen LogP contribution in [-0.4, -0.2) is 37.6 Å². The number of nitrogens with one attached hydrogen (secondary N) is 3. The molecular formula is C18H27N3O5S2. The minimum atomic E-state index is -3.63. The monoisotopic (exact) mass is 429 g/mol. The number of benzene rings is 1. The van der Waals surface area contributed by atoms with Crippen molar-refractivity contribution in [2.45, 2.75) is 57.4 Å². The molecule has 0 radical (unpaired) electrons. The molecule has 0 saturated heterocycles. The summed E-state index contributed by atoms with van der Waals surface area (Å²) in [5.41, 5.74) is -0.0766. The molecule has 10 heteroatoms. The van der Waals surface area contributed by atoms with Crippen LogP contribution in [-0.2, 0) is 24.3 Å². The standard InChI is InChI=1S/C18H27N3O5S2/c1-5-12-26-16(23)11-10-15(22)20-17(27)19-13-6-8-14(9-7-13)28(24,25)21-18(2,3)4/h6-9,21H,5,10-12H2,1-4H3,(H2,19,20,22,27). The normalized spacial score (nSPS) is 11.6. The first-order chi connectivity index (χ1) is 12.9. The van der Waals surface area contributed by atoms with Gasteiger partial charge < -0.3 is 15.4 Å². The molecule has 0 aliphatic rings. The SMILES string of the molecule is CCCOC(=O)CCC(=O)NC(=S)Nc1ccc(S(=O)(=O)NC(C)(C)C)cc1. The fourth-order valence-electron chi connectivity index (χ4n) is 2.03. The van der Waals surface area contributed by atoms with Gasteiger partial charge in [0.1, 0.15) is 0 Å². The topological polar surface area (TPSA) is 114 Å². The number of ether oxygens (including phenoxy) is 1. The van der Waals surface area contributed by atoms with E-state index in [2.05, 4.69) is 15.4 Å². The van der Waals surface area contributed by atoms with Gasteiger partial charge in [0.05, 0.1) is 17.9 Å². The number of carbonyl (C=O) groups is 2. The molecule has 156 valence electrons. The Hall–Kier alpha value is -2.04. The van der Waals surface area contributed by atoms with E-state index in [0.29, 0.717) is 12.3 Å². The first-order valence-electron chi connectivity index (χ1n) is 8.83. The molecule has 0 saturated carbocycles. The summed E-state index contributed by atoms with van der Waals surface area (Å²) >= 11 is 5.05. The van der Waals surface area contributed by atoms with Gasteiger partial charge in [-0.05, 0) is 63.7 Å². The van der Waals surface area contributed by atoms with E-state index in [1.165, 1.54) is 24.3 Å². The van der Waals surface area contributed by atoms with Gasteiger partial charge in [-0.25, -0.2) is 13.1 Å². The van der Waals surface area contributed by atoms with Crippen LogP contribution in [0.4, 0.5) is 5.69 Å². The van der Waals surface area contributed by atoms with E-state index in [-0.39, 0.29) is 22.8 Å². The van der Waals surface area contributed by atoms with Crippen molar-refractivity contribution in [2.75, 3.05) is 11.9 Å². The third-order valence-corrected chi connectivity index (χ3v) is 5.12. The first-order valence-corrected chi connectivity index (χ1v) is 10.7. The highest BCUT2D eigenvalue weighted by Gasteiger charge is 2.21. The Kier molecular flexibility index (Phi) is 8.99. The van der Waals surface area contributed by atoms with Crippen molar-refractivity contribution in [3.63, 3.8) is 0 Å². The number of amides is 1. The number of rotatable bonds is 8. The van der Waals surface area contributed by atoms with Gasteiger partial charge in [0, 0.05) is 17.6 Å². The van der Waals surface area contributed by atoms with Gasteiger partial charge in [-0.1, -0.05) is 6.92 Å². The maximum absolute atomic E-state index is 12.3. The van der Waals surface area contributed by atoms with Crippen molar-refractivity contribution in [1.29, 1.82) is 0 Å². The summed E-state index contributed by atoms with van der Waals surface area (Å²) in [6.45, 7) is 7.48. The quantitative estimate of drug-likeness (QED) is 0.429. The lowest BCUT2D eigenvalue weighted by atomic mass is 10.1. The van der Waals surface area contributed by atoms with Gasteiger partial charge in [0.15, 0.2) is 5.11 Å². The fraction of sp³-hybridized carbons (Fsp3) is 0.500. The summed E-state index contributed by atoms with van der Waals surface area (Å²) in [6, 6.07) is 5.95. The zero-order valence-electron chi connectivity index (χ0n) is 16.5. The van der Waals surface area contributed by atoms with E-state index >= 15 is 0 Å². The molecule has 3 N–H and O–H groups in total. The predicted molar refractivity (Wildman–Crippen MR) is 111 cm³/mol. The van der Waals surface area contributed by atoms with Crippen LogP contribution in [0.5, 0.6) is 0 Å². The third-order valence-electron chi connectivity index (χ3n) is 3.14. The van der Waals surface area contributed by atoms with Crippen LogP contribution in [0.25, 0.3) is 0 Å². The van der Waals surface area contributed by atoms with E-state index < -0.39 is 27.4 Å². The molecule has 1 rings (SSSR count). The van der Waals surface area contributed by atoms with Crippen LogP contribution in [0.3, 0.4) is 0 Å². The third kappa shape index (κ3) is 9.25. The summed E-state index contributed by atoms with van der Waals surface area (Å²) in [5, 5.41) is 5.30. The average molecular weight is 430 g/mol. The molecule has 0 spiro atoms. The Bertz CT molecular complexity index is 800. The Morgan fingerprint density at radius 3 is 2.25 bits per heavy atom. The smallest absolute Gasteiger partial charge is 0.306 e. The van der Waals surface area contributed by atoms with Gasteiger partial charge in [-0.15, -0.1) is 0 Å². The fourth-order valence-corrected chi connectivity index (χ4v) is 3.68. The van der Waals surface area contributed by atoms with Crippen molar-refractivity contribution in [3.05, 3.63) is 24.3 Å². The molecule has 0 atom stereocenters. The number of carbonyl (C=O) groups excluding carboxylic acids is 2. The highest BCUT2D eigenvalue weighted by atomic mass is 32.2. The van der Waals surface area contributed by atoms with Gasteiger partial charge >= 0.3 is 5.97 Å². The summed E-state index contributed by atoms with van der Waals surface area (Å²) in [6.07, 6.45) is 0.653. The average Bonchev–Trinajstić information content (AvgIpc) is 2.56. The van der Waals surface area contributed by atoms with E-state index in [4.69, 9.17) is 17.0 Å². The van der Waals surface area contributed by atoms with Crippen LogP contribution in [0, 0.1) is 0 Å². The van der Waals surface area contributed by atoms with Crippen LogP contribution >= 0.6 is 12.2 Å². The Morgan fingerprint density at radius 2 is 1.71 bits per heavy atom. The first kappa shape index (κ1) is 24.0. The number of hydrogen-bond donors (Lipinski definition) is 3. The lowest BCUT2D eigenvalue weighted by molar-refractivity contribution is -0.144. The van der Waals surface area contributed by atoms with E-state index in [1.54, 1.807) is 20.8 Å². The van der Waals surface area contributed by atoms with Gasteiger partial charge in [-0.2, -0.15) is 0 Å². The molecule has 8 nitrogen and oxygen atoms in total. The molecule has 0 bridgehead atoms. The van der Waals surface area contributed by atoms with Crippen molar-refractivity contribution < 1.29 is 22.7 Å². The van der Waals surface area contributed by atoms with E-state index in [0.717, 1.165) is 6.42 Å². The molecule has 0 aliphatic carbocycles. The van der Waals surface area contributed by atoms with Crippen molar-refractivity contribution in [3.8, 4) is 0 Å². The molecule has 1 aromatic rings. The highest BCUT2D eigenvalue weighted by Crippen LogP contribution is 2.16. The molecule has 28 heavy (non-hydrogen) atoms. The van der Waals surface area contributed by atoms with Crippen molar-refractivity contribution in [1.82, 2.24) is 10.0 Å². The van der Waals surface area contributed by atoms with E-state index in [1.807, 2.05) is 6.92 Å². The largest absolute Gasteiger partial charge is 0.466 e. The molecule has 0 heterocycles. The van der Waals surface area contributed by atoms with Gasteiger partial charge in [0.25, 0.3) is 0 Å². The van der Waals surface area contributed by atoms with Gasteiger partial charge in [-0.3, -0.25) is 9.59 Å². The minimum Gasteiger partial charge on any atom is -0.466 e. The molecule has 0 fully saturated rings. The van der Waals surface area contributed by atoms with Crippen molar-refractivity contribution >= 4 is 44.9 Å². The second-order valence-electron chi connectivity index (χ2n) is 7.10. The maximum atomic E-state index is 12.3. The Morgan fingerprint density at radius 1 is 1.11 bits per heavy atom.